The highest BCUT2D eigenvalue weighted by Gasteiger charge is 2.53. The topological polar surface area (TPSA) is 307 Å². The average molecular weight is 886 g/mol. The van der Waals surface area contributed by atoms with Crippen LogP contribution in [0.25, 0.3) is 0 Å². The molecule has 0 aromatic rings. The lowest BCUT2D eigenvalue weighted by Crippen LogP contribution is -2.66. The van der Waals surface area contributed by atoms with Gasteiger partial charge in [0.1, 0.15) is 73.2 Å². The molecule has 3 aliphatic heterocycles. The second-order valence-electron chi connectivity index (χ2n) is 16.9. The minimum absolute atomic E-state index is 0.254. The van der Waals surface area contributed by atoms with E-state index in [2.05, 4.69) is 19.2 Å². The third-order valence-corrected chi connectivity index (χ3v) is 11.9. The predicted octanol–water partition coefficient (Wildman–Crippen LogP) is -0.641. The molecule has 3 saturated heterocycles. The van der Waals surface area contributed by atoms with E-state index in [0.29, 0.717) is 12.8 Å². The number of aliphatic hydroxyl groups is 11. The fraction of sp³-hybridized carbons (Fsp3) is 0.976. The number of carbonyl (C=O) groups is 1. The average Bonchev–Trinajstić information content (AvgIpc) is 3.25. The Hall–Kier alpha value is -1.21. The maximum Gasteiger partial charge on any atom is 0.220 e. The van der Waals surface area contributed by atoms with Crippen LogP contribution in [0.2, 0.25) is 0 Å². The monoisotopic (exact) mass is 886 g/mol. The van der Waals surface area contributed by atoms with E-state index in [9.17, 15) is 61.0 Å². The van der Waals surface area contributed by atoms with Gasteiger partial charge in [-0.15, -0.1) is 0 Å². The van der Waals surface area contributed by atoms with E-state index in [1.165, 1.54) is 38.5 Å². The lowest BCUT2D eigenvalue weighted by atomic mass is 9.96. The van der Waals surface area contributed by atoms with E-state index in [-0.39, 0.29) is 18.9 Å². The quantitative estimate of drug-likeness (QED) is 0.0399. The first-order valence-corrected chi connectivity index (χ1v) is 22.8. The first-order valence-electron chi connectivity index (χ1n) is 22.8. The van der Waals surface area contributed by atoms with E-state index >= 15 is 0 Å². The number of unbranched alkanes of at least 4 members (excludes halogenated alkanes) is 14. The van der Waals surface area contributed by atoms with E-state index in [0.717, 1.165) is 57.8 Å². The summed E-state index contributed by atoms with van der Waals surface area (Å²) in [6.45, 7) is 1.65. The molecule has 0 aromatic carbocycles. The molecule has 360 valence electrons. The molecule has 0 aliphatic carbocycles. The van der Waals surface area contributed by atoms with Gasteiger partial charge in [-0.3, -0.25) is 4.79 Å². The van der Waals surface area contributed by atoms with Gasteiger partial charge < -0.3 is 89.9 Å². The van der Waals surface area contributed by atoms with E-state index in [4.69, 9.17) is 28.4 Å². The second kappa shape index (κ2) is 29.4. The minimum atomic E-state index is -1.96. The number of rotatable bonds is 30. The first-order chi connectivity index (χ1) is 29.3. The fourth-order valence-electron chi connectivity index (χ4n) is 8.02. The summed E-state index contributed by atoms with van der Waals surface area (Å²) in [5, 5.41) is 119. The molecule has 0 radical (unpaired) electrons. The van der Waals surface area contributed by atoms with Crippen LogP contribution in [-0.4, -0.2) is 193 Å². The van der Waals surface area contributed by atoms with Crippen molar-refractivity contribution < 1.29 is 89.4 Å². The molecule has 17 unspecified atom stereocenters. The van der Waals surface area contributed by atoms with Gasteiger partial charge >= 0.3 is 0 Å². The lowest BCUT2D eigenvalue weighted by Gasteiger charge is -2.48. The maximum absolute atomic E-state index is 13.0. The van der Waals surface area contributed by atoms with Crippen LogP contribution in [-0.2, 0) is 33.2 Å². The van der Waals surface area contributed by atoms with Crippen molar-refractivity contribution in [2.24, 2.45) is 0 Å². The molecule has 0 spiro atoms. The standard InChI is InChI=1S/C42H79NO18/c1-3-5-7-9-11-12-14-15-17-19-26(47)25(43-30(48)20-18-16-13-10-8-6-4-2)24-56-40-36(54)33(51)38(28(22-45)58-40)61-42-37(55)34(52)39(29(23-46)59-42)60-41-35(53)32(50)31(49)27(21-44)57-41/h25-29,31-42,44-47,49-55H,3-24H2,1-2H3,(H,43,48). The van der Waals surface area contributed by atoms with Gasteiger partial charge in [-0.05, 0) is 12.8 Å². The number of amides is 1. The van der Waals surface area contributed by atoms with Crippen molar-refractivity contribution in [3.8, 4) is 0 Å². The first kappa shape index (κ1) is 54.1. The van der Waals surface area contributed by atoms with Gasteiger partial charge in [0, 0.05) is 6.42 Å². The molecule has 19 nitrogen and oxygen atoms in total. The van der Waals surface area contributed by atoms with Crippen molar-refractivity contribution in [1.82, 2.24) is 5.32 Å². The largest absolute Gasteiger partial charge is 0.394 e. The van der Waals surface area contributed by atoms with E-state index < -0.39 is 124 Å². The Balaban J connectivity index is 1.60. The summed E-state index contributed by atoms with van der Waals surface area (Å²) in [5.74, 6) is -0.254. The summed E-state index contributed by atoms with van der Waals surface area (Å²) >= 11 is 0. The zero-order valence-electron chi connectivity index (χ0n) is 36.1. The number of hydrogen-bond acceptors (Lipinski definition) is 18. The van der Waals surface area contributed by atoms with Crippen LogP contribution in [0.15, 0.2) is 0 Å². The molecule has 0 saturated carbocycles. The third kappa shape index (κ3) is 16.9. The van der Waals surface area contributed by atoms with Gasteiger partial charge in [0.15, 0.2) is 18.9 Å². The number of carbonyl (C=O) groups excluding carboxylic acids is 1. The number of aliphatic hydroxyl groups excluding tert-OH is 11. The Morgan fingerprint density at radius 1 is 0.525 bits per heavy atom. The van der Waals surface area contributed by atoms with E-state index in [1.807, 2.05) is 0 Å². The van der Waals surface area contributed by atoms with Crippen LogP contribution < -0.4 is 5.32 Å². The van der Waals surface area contributed by atoms with Gasteiger partial charge in [0.2, 0.25) is 5.91 Å². The molecule has 19 heteroatoms. The van der Waals surface area contributed by atoms with Crippen LogP contribution in [0.4, 0.5) is 0 Å². The highest BCUT2D eigenvalue weighted by atomic mass is 16.8. The van der Waals surface area contributed by atoms with Crippen molar-refractivity contribution in [3.05, 3.63) is 0 Å². The smallest absolute Gasteiger partial charge is 0.220 e. The molecule has 3 heterocycles. The molecular weight excluding hydrogens is 806 g/mol. The van der Waals surface area contributed by atoms with Crippen LogP contribution in [0, 0.1) is 0 Å². The van der Waals surface area contributed by atoms with Crippen molar-refractivity contribution in [3.63, 3.8) is 0 Å². The van der Waals surface area contributed by atoms with Gasteiger partial charge in [0.25, 0.3) is 0 Å². The molecule has 12 N–H and O–H groups in total. The number of ether oxygens (including phenoxy) is 6. The minimum Gasteiger partial charge on any atom is -0.394 e. The summed E-state index contributed by atoms with van der Waals surface area (Å²) in [5.41, 5.74) is 0. The lowest BCUT2D eigenvalue weighted by molar-refractivity contribution is -0.379. The molecule has 61 heavy (non-hydrogen) atoms. The van der Waals surface area contributed by atoms with Crippen molar-refractivity contribution >= 4 is 5.91 Å². The Morgan fingerprint density at radius 2 is 0.934 bits per heavy atom. The highest BCUT2D eigenvalue weighted by molar-refractivity contribution is 5.76. The van der Waals surface area contributed by atoms with E-state index in [1.54, 1.807) is 0 Å². The van der Waals surface area contributed by atoms with Crippen molar-refractivity contribution in [1.29, 1.82) is 0 Å². The Bertz CT molecular complexity index is 1160. The molecule has 3 aliphatic rings. The highest BCUT2D eigenvalue weighted by Crippen LogP contribution is 2.33. The summed E-state index contributed by atoms with van der Waals surface area (Å²) in [6, 6.07) is -0.874. The zero-order chi connectivity index (χ0) is 44.9. The summed E-state index contributed by atoms with van der Waals surface area (Å²) in [7, 11) is 0. The molecule has 0 aromatic heterocycles. The van der Waals surface area contributed by atoms with Crippen LogP contribution in [0.5, 0.6) is 0 Å². The maximum atomic E-state index is 13.0. The van der Waals surface area contributed by atoms with Crippen LogP contribution in [0.3, 0.4) is 0 Å². The third-order valence-electron chi connectivity index (χ3n) is 11.9. The number of hydrogen-bond donors (Lipinski definition) is 12. The van der Waals surface area contributed by atoms with Crippen LogP contribution in [0.1, 0.15) is 129 Å². The van der Waals surface area contributed by atoms with Crippen molar-refractivity contribution in [2.45, 2.75) is 234 Å². The Labute approximate surface area is 360 Å². The zero-order valence-corrected chi connectivity index (χ0v) is 36.1. The molecular formula is C42H79NO18. The molecule has 1 amide bonds. The fourth-order valence-corrected chi connectivity index (χ4v) is 8.02. The summed E-state index contributed by atoms with van der Waals surface area (Å²) in [6.07, 6.45) is -8.66. The second-order valence-corrected chi connectivity index (χ2v) is 16.9. The van der Waals surface area contributed by atoms with Gasteiger partial charge in [-0.25, -0.2) is 0 Å². The Morgan fingerprint density at radius 3 is 1.43 bits per heavy atom. The summed E-state index contributed by atoms with van der Waals surface area (Å²) < 4.78 is 34.0. The predicted molar refractivity (Wildman–Crippen MR) is 217 cm³/mol. The molecule has 17 atom stereocenters. The van der Waals surface area contributed by atoms with Gasteiger partial charge in [0.05, 0.1) is 38.6 Å². The summed E-state index contributed by atoms with van der Waals surface area (Å²) in [4.78, 5) is 13.0. The van der Waals surface area contributed by atoms with Gasteiger partial charge in [-0.1, -0.05) is 110 Å². The molecule has 3 fully saturated rings. The van der Waals surface area contributed by atoms with Gasteiger partial charge in [-0.2, -0.15) is 0 Å². The van der Waals surface area contributed by atoms with Crippen molar-refractivity contribution in [2.75, 3.05) is 26.4 Å². The van der Waals surface area contributed by atoms with Crippen LogP contribution >= 0.6 is 0 Å². The number of nitrogens with one attached hydrogen (secondary N) is 1. The normalized spacial score (nSPS) is 35.5. The molecule has 0 bridgehead atoms. The SMILES string of the molecule is CCCCCCCCCCCC(O)C(COC1OC(CO)C(OC2OC(CO)C(OC3OC(CO)C(O)C(O)C3O)C(O)C2O)C(O)C1O)NC(=O)CCCCCCCCC. The Kier molecular flexibility index (Phi) is 26.0. The molecule has 3 rings (SSSR count).